The highest BCUT2D eigenvalue weighted by Gasteiger charge is 2.07. The van der Waals surface area contributed by atoms with Crippen molar-refractivity contribution in [3.05, 3.63) is 28.2 Å². The minimum absolute atomic E-state index is 0. The van der Waals surface area contributed by atoms with Gasteiger partial charge in [0.1, 0.15) is 0 Å². The number of amides is 1. The molecule has 0 saturated heterocycles. The quantitative estimate of drug-likeness (QED) is 0.597. The predicted octanol–water partition coefficient (Wildman–Crippen LogP) is 2.64. The van der Waals surface area contributed by atoms with Crippen LogP contribution >= 0.6 is 39.9 Å². The van der Waals surface area contributed by atoms with Gasteiger partial charge in [-0.25, -0.2) is 0 Å². The van der Waals surface area contributed by atoms with Crippen molar-refractivity contribution in [2.24, 2.45) is 4.99 Å². The van der Waals surface area contributed by atoms with Gasteiger partial charge in [-0.2, -0.15) is 0 Å². The number of carbonyl (C=O) groups excluding carboxylic acids is 1. The number of hydrogen-bond donors (Lipinski definition) is 3. The van der Waals surface area contributed by atoms with E-state index in [9.17, 15) is 4.79 Å². The van der Waals surface area contributed by atoms with E-state index in [1.165, 1.54) is 0 Å². The summed E-state index contributed by atoms with van der Waals surface area (Å²) in [4.78, 5) is 16.2. The molecule has 1 aliphatic heterocycles. The molecular weight excluding hydrogens is 447 g/mol. The third kappa shape index (κ3) is 6.21. The van der Waals surface area contributed by atoms with Gasteiger partial charge in [0.2, 0.25) is 5.91 Å². The number of hydrogen-bond acceptors (Lipinski definition) is 4. The van der Waals surface area contributed by atoms with Crippen LogP contribution in [0.25, 0.3) is 0 Å². The van der Waals surface area contributed by atoms with E-state index in [-0.39, 0.29) is 29.9 Å². The van der Waals surface area contributed by atoms with Crippen LogP contribution in [0.1, 0.15) is 18.4 Å². The fourth-order valence-corrected chi connectivity index (χ4v) is 2.25. The molecule has 0 atom stereocenters. The molecule has 1 amide bonds. The largest absolute Gasteiger partial charge is 0.356 e. The number of aryl methyl sites for hydroxylation is 1. The van der Waals surface area contributed by atoms with Crippen LogP contribution < -0.4 is 16.0 Å². The van der Waals surface area contributed by atoms with E-state index in [1.54, 1.807) is 0 Å². The highest BCUT2D eigenvalue weighted by Crippen LogP contribution is 2.20. The summed E-state index contributed by atoms with van der Waals surface area (Å²) in [5.41, 5.74) is 1.89. The summed E-state index contributed by atoms with van der Waals surface area (Å²) >= 11 is 3.40. The molecule has 0 fully saturated rings. The molecule has 0 unspecified atom stereocenters. The Morgan fingerprint density at radius 1 is 1.48 bits per heavy atom. The fraction of sp³-hybridized carbons (Fsp3) is 0.429. The van der Waals surface area contributed by atoms with E-state index in [0.717, 1.165) is 41.2 Å². The first kappa shape index (κ1) is 18.2. The Hall–Kier alpha value is -0.830. The summed E-state index contributed by atoms with van der Waals surface area (Å²) < 4.78 is 0.956. The molecule has 116 valence electrons. The lowest BCUT2D eigenvalue weighted by Gasteiger charge is -2.16. The van der Waals surface area contributed by atoms with Gasteiger partial charge >= 0.3 is 0 Å². The third-order valence-electron chi connectivity index (χ3n) is 3.02. The molecule has 0 spiro atoms. The Kier molecular flexibility index (Phi) is 8.02. The number of aliphatic imine (C=N–C) groups is 1. The molecule has 21 heavy (non-hydrogen) atoms. The molecule has 5 nitrogen and oxygen atoms in total. The van der Waals surface area contributed by atoms with Gasteiger partial charge in [-0.15, -0.1) is 24.0 Å². The summed E-state index contributed by atoms with van der Waals surface area (Å²) in [6.07, 6.45) is 1.47. The summed E-state index contributed by atoms with van der Waals surface area (Å²) in [5.74, 6) is 0.790. The third-order valence-corrected chi connectivity index (χ3v) is 3.51. The van der Waals surface area contributed by atoms with E-state index in [4.69, 9.17) is 0 Å². The Labute approximate surface area is 150 Å². The lowest BCUT2D eigenvalue weighted by molar-refractivity contribution is -0.116. The van der Waals surface area contributed by atoms with Crippen LogP contribution in [0.4, 0.5) is 5.69 Å². The second-order valence-electron chi connectivity index (χ2n) is 4.69. The van der Waals surface area contributed by atoms with Gasteiger partial charge in [-0.05, 0) is 31.0 Å². The van der Waals surface area contributed by atoms with Crippen LogP contribution in [0.15, 0.2) is 27.7 Å². The van der Waals surface area contributed by atoms with Gasteiger partial charge in [-0.3, -0.25) is 9.79 Å². The van der Waals surface area contributed by atoms with Crippen molar-refractivity contribution in [2.45, 2.75) is 19.8 Å². The minimum Gasteiger partial charge on any atom is -0.356 e. The van der Waals surface area contributed by atoms with Gasteiger partial charge in [0.05, 0.1) is 0 Å². The van der Waals surface area contributed by atoms with Crippen LogP contribution in [0.5, 0.6) is 0 Å². The van der Waals surface area contributed by atoms with Gasteiger partial charge in [-0.1, -0.05) is 22.0 Å². The molecule has 1 aromatic rings. The molecule has 3 N–H and O–H groups in total. The Bertz CT molecular complexity index is 522. The van der Waals surface area contributed by atoms with Gasteiger partial charge in [0.25, 0.3) is 0 Å². The number of nitrogens with zero attached hydrogens (tertiary/aromatic N) is 1. The lowest BCUT2D eigenvalue weighted by Crippen LogP contribution is -2.41. The van der Waals surface area contributed by atoms with Crippen LogP contribution in [0.3, 0.4) is 0 Å². The molecular formula is C14H20BrIN4O. The zero-order valence-corrected chi connectivity index (χ0v) is 15.8. The molecule has 0 radical (unpaired) electrons. The number of guanidine groups is 1. The Morgan fingerprint density at radius 3 is 3.00 bits per heavy atom. The first-order valence-electron chi connectivity index (χ1n) is 6.73. The maximum atomic E-state index is 11.9. The normalized spacial score (nSPS) is 13.5. The van der Waals surface area contributed by atoms with Crippen molar-refractivity contribution < 1.29 is 4.79 Å². The number of nitrogens with one attached hydrogen (secondary N) is 3. The molecule has 2 rings (SSSR count). The van der Waals surface area contributed by atoms with E-state index in [2.05, 4.69) is 36.9 Å². The zero-order valence-electron chi connectivity index (χ0n) is 11.9. The zero-order chi connectivity index (χ0) is 14.4. The number of anilines is 1. The fourth-order valence-electron chi connectivity index (χ4n) is 1.89. The van der Waals surface area contributed by atoms with Gasteiger partial charge in [0.15, 0.2) is 5.96 Å². The maximum Gasteiger partial charge on any atom is 0.226 e. The summed E-state index contributed by atoms with van der Waals surface area (Å²) in [6.45, 7) is 4.33. The van der Waals surface area contributed by atoms with Crippen LogP contribution in [-0.2, 0) is 4.79 Å². The lowest BCUT2D eigenvalue weighted by atomic mass is 10.2. The topological polar surface area (TPSA) is 65.5 Å². The van der Waals surface area contributed by atoms with Crippen molar-refractivity contribution in [1.29, 1.82) is 0 Å². The number of rotatable bonds is 4. The average molecular weight is 467 g/mol. The molecule has 0 aromatic heterocycles. The highest BCUT2D eigenvalue weighted by atomic mass is 127. The predicted molar refractivity (Wildman–Crippen MR) is 100 cm³/mol. The standard InChI is InChI=1S/C14H19BrN4O.HI/c1-10-3-4-11(15)9-12(10)19-13(20)5-8-18-14-16-6-2-7-17-14;/h3-4,9H,2,5-8H2,1H3,(H,19,20)(H2,16,17,18);1H. The summed E-state index contributed by atoms with van der Waals surface area (Å²) in [7, 11) is 0. The van der Waals surface area contributed by atoms with Gasteiger partial charge < -0.3 is 16.0 Å². The van der Waals surface area contributed by atoms with Crippen molar-refractivity contribution in [1.82, 2.24) is 10.6 Å². The molecule has 1 aliphatic rings. The molecule has 1 aromatic carbocycles. The minimum atomic E-state index is -0.00453. The molecule has 7 heteroatoms. The first-order valence-corrected chi connectivity index (χ1v) is 7.52. The summed E-state index contributed by atoms with van der Waals surface area (Å²) in [6, 6.07) is 5.84. The van der Waals surface area contributed by atoms with Crippen molar-refractivity contribution in [3.8, 4) is 0 Å². The maximum absolute atomic E-state index is 11.9. The highest BCUT2D eigenvalue weighted by molar-refractivity contribution is 14.0. The number of benzene rings is 1. The van der Waals surface area contributed by atoms with Crippen molar-refractivity contribution in [3.63, 3.8) is 0 Å². The molecule has 0 aliphatic carbocycles. The molecule has 1 heterocycles. The van der Waals surface area contributed by atoms with Crippen molar-refractivity contribution in [2.75, 3.05) is 25.0 Å². The first-order chi connectivity index (χ1) is 9.65. The van der Waals surface area contributed by atoms with E-state index in [0.29, 0.717) is 13.0 Å². The van der Waals surface area contributed by atoms with Crippen LogP contribution in [0, 0.1) is 6.92 Å². The average Bonchev–Trinajstić information content (AvgIpc) is 2.44. The Balaban J connectivity index is 0.00000220. The van der Waals surface area contributed by atoms with E-state index in [1.807, 2.05) is 25.1 Å². The summed E-state index contributed by atoms with van der Waals surface area (Å²) in [5, 5.41) is 9.21. The monoisotopic (exact) mass is 466 g/mol. The van der Waals surface area contributed by atoms with E-state index < -0.39 is 0 Å². The second kappa shape index (κ2) is 9.24. The molecule has 0 bridgehead atoms. The smallest absolute Gasteiger partial charge is 0.226 e. The molecule has 0 saturated carbocycles. The number of carbonyl (C=O) groups is 1. The SMILES string of the molecule is Cc1ccc(Br)cc1NC(=O)CCNC1=NCCCN1.I. The van der Waals surface area contributed by atoms with Crippen molar-refractivity contribution >= 4 is 57.5 Å². The van der Waals surface area contributed by atoms with E-state index >= 15 is 0 Å². The second-order valence-corrected chi connectivity index (χ2v) is 5.61. The Morgan fingerprint density at radius 2 is 2.29 bits per heavy atom. The van der Waals surface area contributed by atoms with Crippen LogP contribution in [-0.4, -0.2) is 31.5 Å². The number of halogens is 2. The van der Waals surface area contributed by atoms with Crippen LogP contribution in [0.2, 0.25) is 0 Å². The van der Waals surface area contributed by atoms with Gasteiger partial charge in [0, 0.05) is 36.2 Å².